The van der Waals surface area contributed by atoms with Gasteiger partial charge in [-0.3, -0.25) is 0 Å². The summed E-state index contributed by atoms with van der Waals surface area (Å²) in [6.45, 7) is 18.7. The number of hydrogen-bond acceptors (Lipinski definition) is 0. The number of hydrogen-bond donors (Lipinski definition) is 0. The van der Waals surface area contributed by atoms with Gasteiger partial charge < -0.3 is 0 Å². The third-order valence-corrected chi connectivity index (χ3v) is 14.0. The SMILES string of the molecule is CC(C)C1=CC[C]([Ti])=C1[Si](c1cccc(C(C)C)c1)(c1cccc(C(C)C)c1)c1cccc(C(C)C)c1.Cl.Cl.Cl. The number of rotatable bonds is 8. The second-order valence-electron chi connectivity index (χ2n) is 12.0. The van der Waals surface area contributed by atoms with Crippen molar-refractivity contribution in [3.63, 3.8) is 0 Å². The molecule has 0 amide bonds. The van der Waals surface area contributed by atoms with Gasteiger partial charge in [0, 0.05) is 0 Å². The number of allylic oxidation sites excluding steroid dienone is 4. The van der Waals surface area contributed by atoms with E-state index in [1.54, 1.807) is 14.6 Å². The fraction of sp³-hybridized carbons (Fsp3) is 0.371. The molecule has 0 radical (unpaired) electrons. The maximum absolute atomic E-state index is 2.60. The molecular weight excluding hydrogens is 603 g/mol. The summed E-state index contributed by atoms with van der Waals surface area (Å²) in [6, 6.07) is 28.9. The third kappa shape index (κ3) is 7.11. The molecule has 0 aliphatic heterocycles. The maximum atomic E-state index is 2.55. The van der Waals surface area contributed by atoms with Crippen molar-refractivity contribution in [2.75, 3.05) is 0 Å². The molecule has 3 aromatic rings. The molecule has 215 valence electrons. The summed E-state index contributed by atoms with van der Waals surface area (Å²) >= 11 is 2.40. The van der Waals surface area contributed by atoms with E-state index in [1.165, 1.54) is 32.3 Å². The smallest absolute Gasteiger partial charge is 0.147 e. The van der Waals surface area contributed by atoms with E-state index in [9.17, 15) is 0 Å². The van der Waals surface area contributed by atoms with Crippen molar-refractivity contribution in [1.82, 2.24) is 0 Å². The van der Waals surface area contributed by atoms with Gasteiger partial charge in [0.15, 0.2) is 0 Å². The summed E-state index contributed by atoms with van der Waals surface area (Å²) in [7, 11) is -2.60. The Kier molecular flexibility index (Phi) is 14.3. The fourth-order valence-corrected chi connectivity index (χ4v) is 12.6. The van der Waals surface area contributed by atoms with Gasteiger partial charge in [-0.15, -0.1) is 37.2 Å². The van der Waals surface area contributed by atoms with Crippen molar-refractivity contribution in [2.45, 2.75) is 79.6 Å². The van der Waals surface area contributed by atoms with Gasteiger partial charge in [0.1, 0.15) is 0 Å². The van der Waals surface area contributed by atoms with Gasteiger partial charge in [0.25, 0.3) is 0 Å². The molecule has 0 bridgehead atoms. The molecule has 0 nitrogen and oxygen atoms in total. The van der Waals surface area contributed by atoms with E-state index in [0.29, 0.717) is 23.7 Å². The maximum Gasteiger partial charge on any atom is -0.147 e. The Morgan fingerprint density at radius 3 is 1.20 bits per heavy atom. The molecule has 0 spiro atoms. The topological polar surface area (TPSA) is 0 Å². The van der Waals surface area contributed by atoms with Gasteiger partial charge in [-0.1, -0.05) is 0 Å². The predicted molar refractivity (Wildman–Crippen MR) is 183 cm³/mol. The van der Waals surface area contributed by atoms with Crippen molar-refractivity contribution in [3.05, 3.63) is 110 Å². The largest absolute Gasteiger partial charge is 0.147 e. The molecule has 1 aliphatic carbocycles. The molecule has 0 unspecified atom stereocenters. The number of benzene rings is 3. The Morgan fingerprint density at radius 1 is 0.550 bits per heavy atom. The Balaban J connectivity index is 0.00000267. The van der Waals surface area contributed by atoms with E-state index in [0.717, 1.165) is 6.42 Å². The minimum atomic E-state index is -2.60. The summed E-state index contributed by atoms with van der Waals surface area (Å²) in [6.07, 6.45) is 3.59. The van der Waals surface area contributed by atoms with E-state index >= 15 is 0 Å². The normalized spacial score (nSPS) is 13.3. The predicted octanol–water partition coefficient (Wildman–Crippen LogP) is 9.12. The minimum Gasteiger partial charge on any atom is -0.147 e. The first-order valence-corrected chi connectivity index (χ1v) is 16.8. The summed E-state index contributed by atoms with van der Waals surface area (Å²) < 4.78 is 1.55. The quantitative estimate of drug-likeness (QED) is 0.169. The zero-order chi connectivity index (χ0) is 26.9. The number of halogens is 3. The first-order valence-electron chi connectivity index (χ1n) is 14.0. The van der Waals surface area contributed by atoms with Crippen LogP contribution in [0.2, 0.25) is 0 Å². The van der Waals surface area contributed by atoms with Crippen LogP contribution in [0.5, 0.6) is 0 Å². The zero-order valence-corrected chi connectivity index (χ0v) is 30.3. The van der Waals surface area contributed by atoms with Gasteiger partial charge in [-0.05, 0) is 0 Å². The molecule has 0 fully saturated rings. The van der Waals surface area contributed by atoms with E-state index in [2.05, 4.69) is 155 Å². The van der Waals surface area contributed by atoms with Crippen LogP contribution in [0.15, 0.2) is 93.5 Å². The second-order valence-corrected chi connectivity index (χ2v) is 16.6. The molecule has 3 aromatic carbocycles. The monoisotopic (exact) mass is 647 g/mol. The van der Waals surface area contributed by atoms with Crippen molar-refractivity contribution in [3.8, 4) is 0 Å². The molecule has 5 heteroatoms. The van der Waals surface area contributed by atoms with Crippen LogP contribution >= 0.6 is 37.2 Å². The van der Waals surface area contributed by atoms with Crippen molar-refractivity contribution >= 4 is 60.9 Å². The van der Waals surface area contributed by atoms with Crippen LogP contribution in [0.4, 0.5) is 0 Å². The van der Waals surface area contributed by atoms with Crippen LogP contribution in [-0.2, 0) is 20.4 Å². The van der Waals surface area contributed by atoms with Crippen molar-refractivity contribution < 1.29 is 20.4 Å². The Hall–Kier alpha value is -1.06. The molecule has 0 heterocycles. The average Bonchev–Trinajstić information content (AvgIpc) is 3.27. The third-order valence-electron chi connectivity index (χ3n) is 8.07. The summed E-state index contributed by atoms with van der Waals surface area (Å²) in [5.41, 5.74) is 5.85. The molecule has 0 saturated carbocycles. The first kappa shape index (κ1) is 37.0. The molecular formula is C35H46Cl3SiTi. The van der Waals surface area contributed by atoms with Crippen LogP contribution in [0, 0.1) is 5.92 Å². The van der Waals surface area contributed by atoms with Crippen molar-refractivity contribution in [1.29, 1.82) is 0 Å². The molecule has 0 saturated heterocycles. The molecule has 0 N–H and O–H groups in total. The van der Waals surface area contributed by atoms with Crippen LogP contribution in [0.1, 0.15) is 96.3 Å². The van der Waals surface area contributed by atoms with E-state index in [4.69, 9.17) is 0 Å². The van der Waals surface area contributed by atoms with E-state index in [-0.39, 0.29) is 37.2 Å². The first-order chi connectivity index (χ1) is 17.6. The summed E-state index contributed by atoms with van der Waals surface area (Å²) in [5, 5.41) is 6.19. The summed E-state index contributed by atoms with van der Waals surface area (Å²) in [5.74, 6) is 1.98. The van der Waals surface area contributed by atoms with Crippen LogP contribution in [0.25, 0.3) is 0 Å². The van der Waals surface area contributed by atoms with Gasteiger partial charge >= 0.3 is 240 Å². The van der Waals surface area contributed by atoms with Gasteiger partial charge in [-0.25, -0.2) is 0 Å². The fourth-order valence-electron chi connectivity index (χ4n) is 5.88. The standard InChI is InChI=1S/C35H43Si.3ClH.Ti/c1-24(2)28-13-9-16-31(21-28)36(35-20-12-19-34(35)27(7)8,32-17-10-14-29(22-32)25(3)4)33-18-11-15-30(23-33)26(5)6;;;;/h9-11,13-19,21-27H,12H2,1-8H3;3*1H;. The molecule has 0 atom stereocenters. The van der Waals surface area contributed by atoms with Crippen LogP contribution in [-0.4, -0.2) is 8.07 Å². The average molecular weight is 649 g/mol. The van der Waals surface area contributed by atoms with Crippen LogP contribution in [0.3, 0.4) is 0 Å². The Labute approximate surface area is 275 Å². The van der Waals surface area contributed by atoms with E-state index < -0.39 is 8.07 Å². The Morgan fingerprint density at radius 2 is 0.900 bits per heavy atom. The zero-order valence-electron chi connectivity index (χ0n) is 25.2. The van der Waals surface area contributed by atoms with E-state index in [1.807, 2.05) is 0 Å². The second kappa shape index (κ2) is 15.4. The van der Waals surface area contributed by atoms with Crippen LogP contribution < -0.4 is 15.6 Å². The van der Waals surface area contributed by atoms with Gasteiger partial charge in [0.05, 0.1) is 0 Å². The Bertz CT molecular complexity index is 1210. The van der Waals surface area contributed by atoms with Gasteiger partial charge in [0.2, 0.25) is 0 Å². The molecule has 1 aliphatic rings. The minimum absolute atomic E-state index is 0. The molecule has 0 aromatic heterocycles. The summed E-state index contributed by atoms with van der Waals surface area (Å²) in [4.78, 5) is 0. The van der Waals surface area contributed by atoms with Gasteiger partial charge in [-0.2, -0.15) is 0 Å². The van der Waals surface area contributed by atoms with Crippen molar-refractivity contribution in [2.24, 2.45) is 5.92 Å². The molecule has 40 heavy (non-hydrogen) atoms. The molecule has 4 rings (SSSR count).